The number of fused-ring (bicyclic) bond motifs is 1. The second-order valence-electron chi connectivity index (χ2n) is 9.97. The third-order valence-corrected chi connectivity index (χ3v) is 7.30. The van der Waals surface area contributed by atoms with Crippen LogP contribution in [-0.4, -0.2) is 75.6 Å². The smallest absolute Gasteiger partial charge is 0.203 e. The number of benzene rings is 2. The van der Waals surface area contributed by atoms with Crippen LogP contribution in [0.15, 0.2) is 54.9 Å². The van der Waals surface area contributed by atoms with Crippen LogP contribution in [-0.2, 0) is 11.3 Å². The molecule has 0 atom stereocenters. The summed E-state index contributed by atoms with van der Waals surface area (Å²) in [5.41, 5.74) is 5.44. The lowest BCUT2D eigenvalue weighted by Gasteiger charge is -2.26. The van der Waals surface area contributed by atoms with Gasteiger partial charge in [-0.15, -0.1) is 0 Å². The number of anilines is 2. The molecule has 5 rings (SSSR count). The quantitative estimate of drug-likeness (QED) is 0.232. The maximum absolute atomic E-state index is 9.83. The van der Waals surface area contributed by atoms with Gasteiger partial charge in [0.05, 0.1) is 57.0 Å². The standard InChI is InChI=1S/C32H36N6O4/c1-39-29-16-25(17-30(40-2)32(29)41-3)37-31-24(18-33)21-36-28-15-23(6-7-26(28)31)27-8-5-22(20-35-27)19-34-9-4-10-38-11-13-42-14-12-38/h5-8,15-17,20-21,34H,4,9-14,19H2,1-3H3,(H,36,37). The molecule has 10 nitrogen and oxygen atoms in total. The molecule has 0 saturated carbocycles. The summed E-state index contributed by atoms with van der Waals surface area (Å²) in [6.45, 7) is 6.58. The fraction of sp³-hybridized carbons (Fsp3) is 0.344. The van der Waals surface area contributed by atoms with E-state index < -0.39 is 0 Å². The third-order valence-electron chi connectivity index (χ3n) is 7.30. The van der Waals surface area contributed by atoms with Gasteiger partial charge in [-0.25, -0.2) is 0 Å². The van der Waals surface area contributed by atoms with Gasteiger partial charge in [0.1, 0.15) is 6.07 Å². The van der Waals surface area contributed by atoms with E-state index in [2.05, 4.69) is 32.7 Å². The molecule has 2 N–H and O–H groups in total. The first kappa shape index (κ1) is 29.1. The van der Waals surface area contributed by atoms with Crippen LogP contribution < -0.4 is 24.8 Å². The van der Waals surface area contributed by atoms with Crippen LogP contribution >= 0.6 is 0 Å². The highest BCUT2D eigenvalue weighted by Gasteiger charge is 2.16. The van der Waals surface area contributed by atoms with Crippen molar-refractivity contribution in [3.05, 3.63) is 66.0 Å². The number of nitrogens with one attached hydrogen (secondary N) is 2. The van der Waals surface area contributed by atoms with E-state index in [9.17, 15) is 5.26 Å². The number of rotatable bonds is 12. The van der Waals surface area contributed by atoms with E-state index in [0.717, 1.165) is 80.1 Å². The lowest BCUT2D eigenvalue weighted by Crippen LogP contribution is -2.37. The van der Waals surface area contributed by atoms with Crippen molar-refractivity contribution in [3.63, 3.8) is 0 Å². The lowest BCUT2D eigenvalue weighted by atomic mass is 10.0. The minimum Gasteiger partial charge on any atom is -0.493 e. The summed E-state index contributed by atoms with van der Waals surface area (Å²) in [6.07, 6.45) is 4.60. The van der Waals surface area contributed by atoms with Crippen molar-refractivity contribution in [2.45, 2.75) is 13.0 Å². The largest absolute Gasteiger partial charge is 0.493 e. The van der Waals surface area contributed by atoms with Crippen molar-refractivity contribution in [1.29, 1.82) is 5.26 Å². The number of hydrogen-bond donors (Lipinski definition) is 2. The Bertz CT molecular complexity index is 1520. The van der Waals surface area contributed by atoms with E-state index in [0.29, 0.717) is 34.2 Å². The van der Waals surface area contributed by atoms with E-state index >= 15 is 0 Å². The zero-order valence-corrected chi connectivity index (χ0v) is 24.3. The first-order valence-corrected chi connectivity index (χ1v) is 14.0. The lowest BCUT2D eigenvalue weighted by molar-refractivity contribution is 0.0374. The van der Waals surface area contributed by atoms with Gasteiger partial charge in [-0.3, -0.25) is 14.9 Å². The number of ether oxygens (including phenoxy) is 4. The second-order valence-corrected chi connectivity index (χ2v) is 9.97. The number of pyridine rings is 2. The number of nitrogens with zero attached hydrogens (tertiary/aromatic N) is 4. The van der Waals surface area contributed by atoms with Gasteiger partial charge in [-0.05, 0) is 43.3 Å². The highest BCUT2D eigenvalue weighted by Crippen LogP contribution is 2.41. The predicted molar refractivity (Wildman–Crippen MR) is 163 cm³/mol. The van der Waals surface area contributed by atoms with Crippen molar-refractivity contribution in [2.75, 3.05) is 66.0 Å². The van der Waals surface area contributed by atoms with E-state index in [1.165, 1.54) is 0 Å². The van der Waals surface area contributed by atoms with Gasteiger partial charge >= 0.3 is 0 Å². The summed E-state index contributed by atoms with van der Waals surface area (Å²) < 4.78 is 21.8. The molecule has 0 unspecified atom stereocenters. The van der Waals surface area contributed by atoms with E-state index in [4.69, 9.17) is 23.9 Å². The first-order chi connectivity index (χ1) is 20.6. The molecule has 42 heavy (non-hydrogen) atoms. The van der Waals surface area contributed by atoms with E-state index in [1.54, 1.807) is 39.7 Å². The molecule has 1 fully saturated rings. The molecule has 0 radical (unpaired) electrons. The summed E-state index contributed by atoms with van der Waals surface area (Å²) in [6, 6.07) is 15.9. The van der Waals surface area contributed by atoms with Gasteiger partial charge in [0.15, 0.2) is 11.5 Å². The van der Waals surface area contributed by atoms with E-state index in [-0.39, 0.29) is 0 Å². The monoisotopic (exact) mass is 568 g/mol. The van der Waals surface area contributed by atoms with Crippen molar-refractivity contribution < 1.29 is 18.9 Å². The Morgan fingerprint density at radius 1 is 0.952 bits per heavy atom. The van der Waals surface area contributed by atoms with Crippen LogP contribution in [0.2, 0.25) is 0 Å². The number of hydrogen-bond acceptors (Lipinski definition) is 10. The minimum atomic E-state index is 0.420. The highest BCUT2D eigenvalue weighted by molar-refractivity contribution is 5.97. The van der Waals surface area contributed by atoms with Crippen molar-refractivity contribution in [1.82, 2.24) is 20.2 Å². The van der Waals surface area contributed by atoms with Gasteiger partial charge in [0.2, 0.25) is 5.75 Å². The average Bonchev–Trinajstić information content (AvgIpc) is 3.04. The van der Waals surface area contributed by atoms with Crippen LogP contribution in [0.3, 0.4) is 0 Å². The zero-order valence-electron chi connectivity index (χ0n) is 24.3. The summed E-state index contributed by atoms with van der Waals surface area (Å²) in [7, 11) is 4.69. The molecule has 0 bridgehead atoms. The number of aromatic nitrogens is 2. The molecule has 2 aromatic heterocycles. The Hall–Kier alpha value is -4.43. The number of morpholine rings is 1. The Morgan fingerprint density at radius 2 is 1.74 bits per heavy atom. The highest BCUT2D eigenvalue weighted by atomic mass is 16.5. The topological polar surface area (TPSA) is 114 Å². The predicted octanol–water partition coefficient (Wildman–Crippen LogP) is 4.75. The van der Waals surface area contributed by atoms with E-state index in [1.807, 2.05) is 30.5 Å². The van der Waals surface area contributed by atoms with Crippen LogP contribution in [0.5, 0.6) is 17.2 Å². The minimum absolute atomic E-state index is 0.420. The van der Waals surface area contributed by atoms with Crippen LogP contribution in [0.25, 0.3) is 22.2 Å². The maximum atomic E-state index is 9.83. The fourth-order valence-electron chi connectivity index (χ4n) is 5.05. The zero-order chi connectivity index (χ0) is 29.3. The molecule has 0 aliphatic carbocycles. The number of nitriles is 1. The maximum Gasteiger partial charge on any atom is 0.203 e. The van der Waals surface area contributed by atoms with Crippen molar-refractivity contribution in [3.8, 4) is 34.6 Å². The normalized spacial score (nSPS) is 13.5. The SMILES string of the molecule is COc1cc(Nc2c(C#N)cnc3cc(-c4ccc(CNCCCN5CCOCC5)cn4)ccc23)cc(OC)c1OC. The van der Waals surface area contributed by atoms with Gasteiger partial charge < -0.3 is 29.6 Å². The second kappa shape index (κ2) is 14.0. The Balaban J connectivity index is 1.29. The van der Waals surface area contributed by atoms with Crippen LogP contribution in [0.1, 0.15) is 17.5 Å². The molecule has 1 saturated heterocycles. The van der Waals surface area contributed by atoms with Crippen LogP contribution in [0.4, 0.5) is 11.4 Å². The Kier molecular flexibility index (Phi) is 9.66. The molecule has 0 spiro atoms. The molecule has 0 amide bonds. The molecular formula is C32H36N6O4. The summed E-state index contributed by atoms with van der Waals surface area (Å²) >= 11 is 0. The van der Waals surface area contributed by atoms with Gasteiger partial charge in [-0.1, -0.05) is 12.1 Å². The fourth-order valence-corrected chi connectivity index (χ4v) is 5.05. The summed E-state index contributed by atoms with van der Waals surface area (Å²) in [5.74, 6) is 1.51. The first-order valence-electron chi connectivity index (χ1n) is 14.0. The molecular weight excluding hydrogens is 532 g/mol. The summed E-state index contributed by atoms with van der Waals surface area (Å²) in [4.78, 5) is 11.7. The molecule has 1 aliphatic heterocycles. The van der Waals surface area contributed by atoms with Crippen molar-refractivity contribution in [2.24, 2.45) is 0 Å². The number of methoxy groups -OCH3 is 3. The molecule has 218 valence electrons. The molecule has 2 aromatic carbocycles. The van der Waals surface area contributed by atoms with Gasteiger partial charge in [0.25, 0.3) is 0 Å². The van der Waals surface area contributed by atoms with Crippen molar-refractivity contribution >= 4 is 22.3 Å². The molecule has 4 aromatic rings. The summed E-state index contributed by atoms with van der Waals surface area (Å²) in [5, 5.41) is 17.5. The Labute approximate surface area is 246 Å². The third kappa shape index (κ3) is 6.71. The van der Waals surface area contributed by atoms with Gasteiger partial charge in [-0.2, -0.15) is 5.26 Å². The van der Waals surface area contributed by atoms with Gasteiger partial charge in [0, 0.05) is 60.8 Å². The Morgan fingerprint density at radius 3 is 2.40 bits per heavy atom. The molecule has 3 heterocycles. The molecule has 10 heteroatoms. The molecule has 1 aliphatic rings. The average molecular weight is 569 g/mol. The van der Waals surface area contributed by atoms with Crippen LogP contribution in [0, 0.1) is 11.3 Å².